The predicted octanol–water partition coefficient (Wildman–Crippen LogP) is 6.73. The number of fused-ring (bicyclic) bond motifs is 4. The van der Waals surface area contributed by atoms with Gasteiger partial charge < -0.3 is 89.4 Å². The Kier molecular flexibility index (Phi) is 34.5. The molecule has 0 radical (unpaired) electrons. The quantitative estimate of drug-likeness (QED) is 0.0645. The molecule has 31 nitrogen and oxygen atoms in total. The van der Waals surface area contributed by atoms with Crippen LogP contribution in [0, 0.1) is 11.8 Å². The monoisotopic (exact) mass is 1690 g/mol. The van der Waals surface area contributed by atoms with Crippen LogP contribution in [-0.4, -0.2) is 233 Å². The highest BCUT2D eigenvalue weighted by Crippen LogP contribution is 2.37. The predicted molar refractivity (Wildman–Crippen MR) is 448 cm³/mol. The van der Waals surface area contributed by atoms with Crippen molar-refractivity contribution in [3.8, 4) is 46.0 Å². The molecule has 6 aromatic carbocycles. The van der Waals surface area contributed by atoms with Gasteiger partial charge in [0, 0.05) is 85.4 Å². The van der Waals surface area contributed by atoms with Crippen molar-refractivity contribution in [2.75, 3.05) is 69.6 Å². The molecular weight excluding hydrogens is 1580 g/mol. The normalized spacial score (nSPS) is 24.3. The highest BCUT2D eigenvalue weighted by atomic mass is 35.5. The molecule has 0 saturated carbocycles. The lowest BCUT2D eigenvalue weighted by Crippen LogP contribution is -2.59. The summed E-state index contributed by atoms with van der Waals surface area (Å²) in [4.78, 5) is 183. The summed E-state index contributed by atoms with van der Waals surface area (Å²) in [5.41, 5.74) is 4.22. The molecule has 3 fully saturated rings. The van der Waals surface area contributed by atoms with Gasteiger partial charge in [-0.05, 0) is 180 Å². The Morgan fingerprint density at radius 1 is 0.397 bits per heavy atom. The number of likely N-dealkylation sites (N-methyl/N-ethyl adjacent to an activating group) is 4. The van der Waals surface area contributed by atoms with Crippen LogP contribution in [0.15, 0.2) is 133 Å². The standard InChI is InChI=1S/2C41H49N5O9.C6H10O3.CH3Cl/c2*1-23-37(48)43-24(2)41(52)46(5)33(20-27-8-13-30(53-6)14-9-27)39(50)44-25(3)40(51)45(4)32-19-26-10-15-31(16-11-26)55-36-21-28(12-17-35(36)54-7)18-29(22-34(32)47)38(49)42-23;1-5(7)9-6-3-2-4-8-6;1-2/h2*8-17,21,23-25,29,32-33H,18-20,22H2,1-7H3,(H,42,49)(H,43,48)(H,44,50);6H,2-4H2,1H3;1H3/t2*23-,24+,25+,29-,32+,33+;;/m11../s1. The van der Waals surface area contributed by atoms with Crippen molar-refractivity contribution in [3.63, 3.8) is 0 Å². The fourth-order valence-corrected chi connectivity index (χ4v) is 14.5. The van der Waals surface area contributed by atoms with Crippen LogP contribution in [0.5, 0.6) is 46.0 Å². The van der Waals surface area contributed by atoms with E-state index in [1.807, 2.05) is 0 Å². The Morgan fingerprint density at radius 3 is 1.05 bits per heavy atom. The molecule has 3 saturated heterocycles. The summed E-state index contributed by atoms with van der Waals surface area (Å²) in [6.45, 7) is 11.1. The third kappa shape index (κ3) is 25.7. The molecule has 121 heavy (non-hydrogen) atoms. The number of hydrogen-bond donors (Lipinski definition) is 6. The SMILES string of the molecule is CC(=O)OC1CCCO1.CCl.COc1ccc(C[C@H]2C(=O)N[C@@H](C)C(=O)N(C)[C@H]3Cc4ccc(cc4)Oc4cc(ccc4OC)C[C@H](CC3=O)C(=O)N[C@H](C)C(=O)N[C@@H](C)C(=O)N2C)cc1.COc1ccc(C[C@H]2C(=O)N[C@@H](C)C(=O)N(C)[C@H]3Cc4ccc(cc4)Oc4cc(ccc4OC)C[C@H](CC3=O)C(=O)N[C@H](C)C(=O)N[C@@H](C)C(=O)N2C)cc1. The number of carbonyl (C=O) groups is 13. The first-order valence-corrected chi connectivity index (χ1v) is 40.7. The average Bonchev–Trinajstić information content (AvgIpc) is 0.879. The van der Waals surface area contributed by atoms with Crippen molar-refractivity contribution in [1.82, 2.24) is 51.5 Å². The molecule has 0 spiro atoms. The molecule has 13 rings (SSSR count). The van der Waals surface area contributed by atoms with Gasteiger partial charge in [0.15, 0.2) is 34.6 Å². The minimum absolute atomic E-state index is 0.0832. The molecule has 650 valence electrons. The number of Topliss-reactive ketones (excluding diaryl/α,β-unsaturated/α-hetero) is 2. The Bertz CT molecular complexity index is 4390. The number of methoxy groups -OCH3 is 4. The van der Waals surface area contributed by atoms with E-state index in [-0.39, 0.29) is 75.2 Å². The highest BCUT2D eigenvalue weighted by molar-refractivity contribution is 6.15. The molecule has 13 atom stereocenters. The van der Waals surface area contributed by atoms with Crippen LogP contribution in [0.1, 0.15) is 108 Å². The van der Waals surface area contributed by atoms with Crippen molar-refractivity contribution in [1.29, 1.82) is 0 Å². The molecule has 1 unspecified atom stereocenters. The molecule has 12 bridgehead atoms. The van der Waals surface area contributed by atoms with Crippen molar-refractivity contribution in [3.05, 3.63) is 167 Å². The van der Waals surface area contributed by atoms with Crippen LogP contribution in [0.3, 0.4) is 0 Å². The molecule has 6 aromatic rings. The smallest absolute Gasteiger partial charge is 0.304 e. The average molecular weight is 1690 g/mol. The van der Waals surface area contributed by atoms with Crippen molar-refractivity contribution < 1.29 is 100 Å². The number of rotatable bonds is 9. The lowest BCUT2D eigenvalue weighted by molar-refractivity contribution is -0.167. The second-order valence-electron chi connectivity index (χ2n) is 30.4. The number of esters is 1. The maximum Gasteiger partial charge on any atom is 0.304 e. The zero-order valence-electron chi connectivity index (χ0n) is 71.2. The summed E-state index contributed by atoms with van der Waals surface area (Å²) in [5.74, 6) is -4.72. The van der Waals surface area contributed by atoms with Crippen LogP contribution >= 0.6 is 11.6 Å². The number of ketones is 2. The second kappa shape index (κ2) is 44.3. The van der Waals surface area contributed by atoms with Crippen molar-refractivity contribution >= 4 is 88.2 Å². The Labute approximate surface area is 710 Å². The number of ether oxygens (including phenoxy) is 8. The van der Waals surface area contributed by atoms with Crippen molar-refractivity contribution in [2.24, 2.45) is 11.8 Å². The Hall–Kier alpha value is -12.1. The van der Waals surface area contributed by atoms with Crippen LogP contribution in [0.4, 0.5) is 0 Å². The third-order valence-corrected chi connectivity index (χ3v) is 21.6. The van der Waals surface area contributed by atoms with Crippen molar-refractivity contribution in [2.45, 2.75) is 179 Å². The lowest BCUT2D eigenvalue weighted by atomic mass is 9.88. The number of hydrogen-bond acceptors (Lipinski definition) is 21. The number of benzene rings is 6. The van der Waals surface area contributed by atoms with Gasteiger partial charge in [-0.25, -0.2) is 0 Å². The number of alkyl halides is 1. The van der Waals surface area contributed by atoms with Gasteiger partial charge in [-0.2, -0.15) is 0 Å². The first-order valence-electron chi connectivity index (χ1n) is 39.9. The molecular formula is C89H111ClN10O21. The number of carbonyl (C=O) groups excluding carboxylic acids is 13. The minimum atomic E-state index is -1.11. The first-order chi connectivity index (χ1) is 57.6. The van der Waals surface area contributed by atoms with E-state index >= 15 is 0 Å². The van der Waals surface area contributed by atoms with Gasteiger partial charge in [-0.1, -0.05) is 60.7 Å². The van der Waals surface area contributed by atoms with E-state index in [1.54, 1.807) is 133 Å². The van der Waals surface area contributed by atoms with Gasteiger partial charge in [0.05, 0.1) is 47.1 Å². The fourth-order valence-electron chi connectivity index (χ4n) is 14.5. The molecule has 7 aliphatic heterocycles. The lowest BCUT2D eigenvalue weighted by Gasteiger charge is -2.33. The summed E-state index contributed by atoms with van der Waals surface area (Å²) >= 11 is 4.64. The van der Waals surface area contributed by atoms with E-state index in [2.05, 4.69) is 43.5 Å². The molecule has 0 aromatic heterocycles. The van der Waals surface area contributed by atoms with Gasteiger partial charge in [0.2, 0.25) is 65.4 Å². The number of nitrogens with zero attached hydrogens (tertiary/aromatic N) is 4. The van der Waals surface area contributed by atoms with E-state index in [1.165, 1.54) is 131 Å². The zero-order valence-corrected chi connectivity index (χ0v) is 72.0. The topological polar surface area (TPSA) is 381 Å². The summed E-state index contributed by atoms with van der Waals surface area (Å²) in [6, 6.07) is 27.8. The third-order valence-electron chi connectivity index (χ3n) is 21.6. The second-order valence-corrected chi connectivity index (χ2v) is 30.4. The van der Waals surface area contributed by atoms with Gasteiger partial charge in [-0.3, -0.25) is 62.3 Å². The highest BCUT2D eigenvalue weighted by Gasteiger charge is 2.41. The van der Waals surface area contributed by atoms with E-state index in [9.17, 15) is 62.3 Å². The molecule has 7 aliphatic rings. The molecule has 10 amide bonds. The Morgan fingerprint density at radius 2 is 0.727 bits per heavy atom. The molecule has 7 heterocycles. The largest absolute Gasteiger partial charge is 0.497 e. The van der Waals surface area contributed by atoms with E-state index in [0.717, 1.165) is 30.6 Å². The fraction of sp³-hybridized carbons (Fsp3) is 0.449. The van der Waals surface area contributed by atoms with Crippen LogP contribution < -0.4 is 60.3 Å². The van der Waals surface area contributed by atoms with E-state index in [0.29, 0.717) is 68.2 Å². The minimum Gasteiger partial charge on any atom is -0.497 e. The Balaban J connectivity index is 0.000000267. The van der Waals surface area contributed by atoms with E-state index in [4.69, 9.17) is 37.9 Å². The molecule has 0 aliphatic carbocycles. The first kappa shape index (κ1) is 94.4. The maximum atomic E-state index is 14.4. The number of amides is 10. The maximum absolute atomic E-state index is 14.4. The molecule has 32 heteroatoms. The van der Waals surface area contributed by atoms with Gasteiger partial charge in [0.25, 0.3) is 0 Å². The van der Waals surface area contributed by atoms with Crippen LogP contribution in [0.2, 0.25) is 0 Å². The molecule has 6 N–H and O–H groups in total. The number of nitrogens with one attached hydrogen (secondary N) is 6. The van der Waals surface area contributed by atoms with Gasteiger partial charge in [0.1, 0.15) is 71.3 Å². The number of halogens is 1. The van der Waals surface area contributed by atoms with Gasteiger partial charge in [-0.15, -0.1) is 11.6 Å². The van der Waals surface area contributed by atoms with Gasteiger partial charge >= 0.3 is 5.97 Å². The zero-order chi connectivity index (χ0) is 88.6. The van der Waals surface area contributed by atoms with E-state index < -0.39 is 131 Å². The summed E-state index contributed by atoms with van der Waals surface area (Å²) in [5, 5.41) is 16.3. The summed E-state index contributed by atoms with van der Waals surface area (Å²) in [7, 11) is 12.0. The van der Waals surface area contributed by atoms with Crippen LogP contribution in [-0.2, 0) is 110 Å². The van der Waals surface area contributed by atoms with Crippen LogP contribution in [0.25, 0.3) is 0 Å². The summed E-state index contributed by atoms with van der Waals surface area (Å²) < 4.78 is 43.7. The summed E-state index contributed by atoms with van der Waals surface area (Å²) in [6.07, 6.45) is 3.09.